The Balaban J connectivity index is 2.27. The highest BCUT2D eigenvalue weighted by molar-refractivity contribution is 5.82. The van der Waals surface area contributed by atoms with E-state index < -0.39 is 0 Å². The molecule has 0 spiro atoms. The van der Waals surface area contributed by atoms with Gasteiger partial charge in [-0.3, -0.25) is 4.90 Å². The van der Waals surface area contributed by atoms with Crippen molar-refractivity contribution < 1.29 is 5.11 Å². The van der Waals surface area contributed by atoms with Crippen molar-refractivity contribution in [2.45, 2.75) is 13.5 Å². The predicted molar refractivity (Wildman–Crippen MR) is 74.4 cm³/mol. The highest BCUT2D eigenvalue weighted by atomic mass is 16.3. The summed E-state index contributed by atoms with van der Waals surface area (Å²) in [6.45, 7) is 3.47. The van der Waals surface area contributed by atoms with Crippen molar-refractivity contribution >= 4 is 10.9 Å². The number of hydrogen-bond acceptors (Lipinski definition) is 2. The van der Waals surface area contributed by atoms with Crippen LogP contribution >= 0.6 is 0 Å². The number of nitrogens with zero attached hydrogens (tertiary/aromatic N) is 2. The number of hydrogen-bond donors (Lipinski definition) is 1. The molecule has 0 aliphatic rings. The fourth-order valence-electron chi connectivity index (χ4n) is 2.09. The van der Waals surface area contributed by atoms with E-state index in [1.807, 2.05) is 20.0 Å². The van der Waals surface area contributed by atoms with Crippen LogP contribution in [0, 0.1) is 11.8 Å². The zero-order chi connectivity index (χ0) is 13.1. The minimum Gasteiger partial charge on any atom is -0.508 e. The first-order chi connectivity index (χ1) is 8.61. The molecule has 3 nitrogen and oxygen atoms in total. The third kappa shape index (κ3) is 2.49. The number of rotatable bonds is 3. The lowest BCUT2D eigenvalue weighted by Gasteiger charge is -2.13. The summed E-state index contributed by atoms with van der Waals surface area (Å²) in [7, 11) is 4.10. The Hall–Kier alpha value is -1.92. The van der Waals surface area contributed by atoms with Gasteiger partial charge < -0.3 is 9.67 Å². The lowest BCUT2D eigenvalue weighted by molar-refractivity contribution is 0.360. The molecule has 94 valence electrons. The highest BCUT2D eigenvalue weighted by Gasteiger charge is 2.08. The standard InChI is InChI=1S/C15H18N2O/c1-4-5-8-16(2)11-13-9-12-10-14(18)6-7-15(12)17(13)3/h6-7,9-10,18H,8,11H2,1-3H3. The van der Waals surface area contributed by atoms with E-state index in [9.17, 15) is 5.11 Å². The molecule has 3 heteroatoms. The van der Waals surface area contributed by atoms with Gasteiger partial charge in [-0.1, -0.05) is 5.92 Å². The average molecular weight is 242 g/mol. The number of phenolic OH excluding ortho intramolecular Hbond substituents is 1. The van der Waals surface area contributed by atoms with E-state index in [0.29, 0.717) is 5.75 Å². The van der Waals surface area contributed by atoms with Crippen LogP contribution in [-0.2, 0) is 13.6 Å². The van der Waals surface area contributed by atoms with Gasteiger partial charge in [0.2, 0.25) is 0 Å². The van der Waals surface area contributed by atoms with E-state index in [2.05, 4.69) is 34.4 Å². The molecule has 0 radical (unpaired) electrons. The van der Waals surface area contributed by atoms with Crippen molar-refractivity contribution in [3.8, 4) is 17.6 Å². The van der Waals surface area contributed by atoms with Crippen molar-refractivity contribution in [2.75, 3.05) is 13.6 Å². The normalized spacial score (nSPS) is 10.7. The second kappa shape index (κ2) is 5.16. The Bertz CT molecular complexity index is 616. The Morgan fingerprint density at radius 1 is 1.33 bits per heavy atom. The first kappa shape index (κ1) is 12.5. The second-order valence-electron chi connectivity index (χ2n) is 4.54. The van der Waals surface area contributed by atoms with E-state index in [4.69, 9.17) is 0 Å². The smallest absolute Gasteiger partial charge is 0.116 e. The summed E-state index contributed by atoms with van der Waals surface area (Å²) in [6, 6.07) is 7.58. The largest absolute Gasteiger partial charge is 0.508 e. The van der Waals surface area contributed by atoms with Crippen molar-refractivity contribution in [3.63, 3.8) is 0 Å². The van der Waals surface area contributed by atoms with Gasteiger partial charge in [0.25, 0.3) is 0 Å². The SMILES string of the molecule is CC#CCN(C)Cc1cc2cc(O)ccc2n1C. The second-order valence-corrected chi connectivity index (χ2v) is 4.54. The third-order valence-electron chi connectivity index (χ3n) is 3.08. The van der Waals surface area contributed by atoms with E-state index in [1.165, 1.54) is 5.69 Å². The van der Waals surface area contributed by atoms with Crippen LogP contribution < -0.4 is 0 Å². The summed E-state index contributed by atoms with van der Waals surface area (Å²) < 4.78 is 2.16. The third-order valence-corrected chi connectivity index (χ3v) is 3.08. The van der Waals surface area contributed by atoms with Crippen LogP contribution in [0.3, 0.4) is 0 Å². The number of fused-ring (bicyclic) bond motifs is 1. The maximum Gasteiger partial charge on any atom is 0.116 e. The summed E-state index contributed by atoms with van der Waals surface area (Å²) in [5, 5.41) is 10.6. The maximum absolute atomic E-state index is 9.49. The van der Waals surface area contributed by atoms with Gasteiger partial charge in [0, 0.05) is 30.2 Å². The molecule has 1 N–H and O–H groups in total. The summed E-state index contributed by atoms with van der Waals surface area (Å²) in [6.07, 6.45) is 0. The van der Waals surface area contributed by atoms with Crippen LogP contribution in [0.25, 0.3) is 10.9 Å². The number of phenols is 1. The first-order valence-electron chi connectivity index (χ1n) is 5.97. The van der Waals surface area contributed by atoms with Crippen molar-refractivity contribution in [1.82, 2.24) is 9.47 Å². The zero-order valence-electron chi connectivity index (χ0n) is 11.1. The van der Waals surface area contributed by atoms with Gasteiger partial charge in [-0.15, -0.1) is 5.92 Å². The van der Waals surface area contributed by atoms with Crippen LogP contribution in [0.2, 0.25) is 0 Å². The molecule has 0 aliphatic heterocycles. The van der Waals surface area contributed by atoms with E-state index in [0.717, 1.165) is 24.0 Å². The minimum atomic E-state index is 0.310. The molecule has 0 aliphatic carbocycles. The van der Waals surface area contributed by atoms with Crippen molar-refractivity contribution in [2.24, 2.45) is 7.05 Å². The molecule has 0 bridgehead atoms. The molecule has 0 atom stereocenters. The number of aryl methyl sites for hydroxylation is 1. The van der Waals surface area contributed by atoms with E-state index in [1.54, 1.807) is 12.1 Å². The Kier molecular flexibility index (Phi) is 3.59. The molecule has 18 heavy (non-hydrogen) atoms. The van der Waals surface area contributed by atoms with Crippen molar-refractivity contribution in [1.29, 1.82) is 0 Å². The molecule has 1 heterocycles. The van der Waals surface area contributed by atoms with Crippen LogP contribution in [0.4, 0.5) is 0 Å². The van der Waals surface area contributed by atoms with Gasteiger partial charge in [-0.25, -0.2) is 0 Å². The zero-order valence-corrected chi connectivity index (χ0v) is 11.1. The Morgan fingerprint density at radius 3 is 2.83 bits per heavy atom. The van der Waals surface area contributed by atoms with Crippen LogP contribution in [0.1, 0.15) is 12.6 Å². The van der Waals surface area contributed by atoms with E-state index in [-0.39, 0.29) is 0 Å². The molecule has 0 fully saturated rings. The molecule has 0 unspecified atom stereocenters. The maximum atomic E-state index is 9.49. The van der Waals surface area contributed by atoms with Crippen LogP contribution in [0.5, 0.6) is 5.75 Å². The molecular weight excluding hydrogens is 224 g/mol. The molecule has 1 aromatic carbocycles. The monoisotopic (exact) mass is 242 g/mol. The Labute approximate surface area is 108 Å². The fourth-order valence-corrected chi connectivity index (χ4v) is 2.09. The molecule has 0 saturated heterocycles. The Morgan fingerprint density at radius 2 is 2.11 bits per heavy atom. The molecule has 2 aromatic rings. The molecule has 0 amide bonds. The molecule has 0 saturated carbocycles. The summed E-state index contributed by atoms with van der Waals surface area (Å²) in [4.78, 5) is 2.17. The number of aromatic hydroxyl groups is 1. The number of aromatic nitrogens is 1. The minimum absolute atomic E-state index is 0.310. The van der Waals surface area contributed by atoms with E-state index >= 15 is 0 Å². The first-order valence-corrected chi connectivity index (χ1v) is 5.97. The van der Waals surface area contributed by atoms with Crippen LogP contribution in [0.15, 0.2) is 24.3 Å². The summed E-state index contributed by atoms with van der Waals surface area (Å²) in [5.74, 6) is 6.27. The highest BCUT2D eigenvalue weighted by Crippen LogP contribution is 2.23. The lowest BCUT2D eigenvalue weighted by Crippen LogP contribution is -2.19. The quantitative estimate of drug-likeness (QED) is 0.837. The van der Waals surface area contributed by atoms with Gasteiger partial charge >= 0.3 is 0 Å². The summed E-state index contributed by atoms with van der Waals surface area (Å²) >= 11 is 0. The predicted octanol–water partition coefficient (Wildman–Crippen LogP) is 2.34. The van der Waals surface area contributed by atoms with Crippen molar-refractivity contribution in [3.05, 3.63) is 30.0 Å². The van der Waals surface area contributed by atoms with Gasteiger partial charge in [0.1, 0.15) is 5.75 Å². The fraction of sp³-hybridized carbons (Fsp3) is 0.333. The van der Waals surface area contributed by atoms with Gasteiger partial charge in [-0.2, -0.15) is 0 Å². The topological polar surface area (TPSA) is 28.4 Å². The van der Waals surface area contributed by atoms with Gasteiger partial charge in [0.15, 0.2) is 0 Å². The number of benzene rings is 1. The summed E-state index contributed by atoms with van der Waals surface area (Å²) in [5.41, 5.74) is 2.36. The van der Waals surface area contributed by atoms with Gasteiger partial charge in [-0.05, 0) is 38.2 Å². The molecule has 2 rings (SSSR count). The molecule has 1 aromatic heterocycles. The molecular formula is C15H18N2O. The van der Waals surface area contributed by atoms with Crippen LogP contribution in [-0.4, -0.2) is 28.2 Å². The van der Waals surface area contributed by atoms with Gasteiger partial charge in [0.05, 0.1) is 6.54 Å². The average Bonchev–Trinajstić information content (AvgIpc) is 2.63. The lowest BCUT2D eigenvalue weighted by atomic mass is 10.2.